The first-order chi connectivity index (χ1) is 13.7. The van der Waals surface area contributed by atoms with Gasteiger partial charge in [-0.05, 0) is 19.9 Å². The van der Waals surface area contributed by atoms with Crippen LogP contribution >= 0.6 is 0 Å². The Balaban J connectivity index is 1.59. The fourth-order valence-corrected chi connectivity index (χ4v) is 3.48. The molecule has 10 heteroatoms. The highest BCUT2D eigenvalue weighted by Gasteiger charge is 2.37. The van der Waals surface area contributed by atoms with E-state index < -0.39 is 12.0 Å². The summed E-state index contributed by atoms with van der Waals surface area (Å²) >= 11 is 0. The number of para-hydroxylation sites is 1. The van der Waals surface area contributed by atoms with Gasteiger partial charge in [0.25, 0.3) is 11.6 Å². The molecule has 0 saturated heterocycles. The normalized spacial score (nSPS) is 16.4. The van der Waals surface area contributed by atoms with Crippen molar-refractivity contribution in [2.45, 2.75) is 38.9 Å². The highest BCUT2D eigenvalue weighted by atomic mass is 19.4. The molecule has 1 aliphatic rings. The molecule has 3 aromatic rings. The van der Waals surface area contributed by atoms with Gasteiger partial charge >= 0.3 is 6.18 Å². The minimum absolute atomic E-state index is 0.0264. The van der Waals surface area contributed by atoms with Crippen LogP contribution in [-0.4, -0.2) is 32.1 Å². The number of halogens is 3. The van der Waals surface area contributed by atoms with Gasteiger partial charge in [-0.3, -0.25) is 4.79 Å². The molecule has 1 amide bonds. The van der Waals surface area contributed by atoms with Crippen LogP contribution < -0.4 is 10.1 Å². The maximum atomic E-state index is 12.9. The zero-order chi connectivity index (χ0) is 20.8. The minimum atomic E-state index is -4.66. The third-order valence-electron chi connectivity index (χ3n) is 4.93. The van der Waals surface area contributed by atoms with Crippen LogP contribution in [0.4, 0.5) is 13.2 Å². The van der Waals surface area contributed by atoms with Crippen LogP contribution in [0.3, 0.4) is 0 Å². The Morgan fingerprint density at radius 2 is 2.03 bits per heavy atom. The van der Waals surface area contributed by atoms with Crippen molar-refractivity contribution in [3.63, 3.8) is 0 Å². The molecule has 7 nitrogen and oxygen atoms in total. The second-order valence-corrected chi connectivity index (χ2v) is 6.88. The monoisotopic (exact) mass is 405 g/mol. The maximum Gasteiger partial charge on any atom is 0.453 e. The average molecular weight is 405 g/mol. The summed E-state index contributed by atoms with van der Waals surface area (Å²) in [5.74, 6) is -0.917. The number of nitrogens with zero attached hydrogens (tertiary/aromatic N) is 4. The van der Waals surface area contributed by atoms with Crippen LogP contribution in [-0.2, 0) is 17.4 Å². The number of carbonyl (C=O) groups excluding carboxylic acids is 1. The van der Waals surface area contributed by atoms with Crippen LogP contribution in [0.25, 0.3) is 5.78 Å². The van der Waals surface area contributed by atoms with Gasteiger partial charge in [0.15, 0.2) is 0 Å². The lowest BCUT2D eigenvalue weighted by atomic mass is 10.00. The Labute approximate surface area is 163 Å². The zero-order valence-electron chi connectivity index (χ0n) is 15.7. The van der Waals surface area contributed by atoms with E-state index in [4.69, 9.17) is 4.74 Å². The second-order valence-electron chi connectivity index (χ2n) is 6.88. The Bertz CT molecular complexity index is 1090. The SMILES string of the molecule is Cc1nc2nc(C(F)(F)F)nn2c(C)c1CC(=O)NC1CCOc2ccccc21. The van der Waals surface area contributed by atoms with E-state index in [1.807, 2.05) is 24.3 Å². The molecule has 0 spiro atoms. The van der Waals surface area contributed by atoms with E-state index in [1.165, 1.54) is 0 Å². The Kier molecular flexibility index (Phi) is 4.64. The van der Waals surface area contributed by atoms with Crippen LogP contribution in [0.2, 0.25) is 0 Å². The van der Waals surface area contributed by atoms with Gasteiger partial charge < -0.3 is 10.1 Å². The van der Waals surface area contributed by atoms with Gasteiger partial charge in [0.2, 0.25) is 5.91 Å². The van der Waals surface area contributed by atoms with Crippen molar-refractivity contribution in [3.05, 3.63) is 52.6 Å². The highest BCUT2D eigenvalue weighted by Crippen LogP contribution is 2.31. The van der Waals surface area contributed by atoms with Crippen LogP contribution in [0.15, 0.2) is 24.3 Å². The molecule has 29 heavy (non-hydrogen) atoms. The number of benzene rings is 1. The summed E-state index contributed by atoms with van der Waals surface area (Å²) in [5.41, 5.74) is 2.27. The minimum Gasteiger partial charge on any atom is -0.493 e. The average Bonchev–Trinajstić information content (AvgIpc) is 3.10. The third kappa shape index (κ3) is 3.62. The van der Waals surface area contributed by atoms with Gasteiger partial charge in [-0.15, -0.1) is 5.10 Å². The number of carbonyl (C=O) groups is 1. The largest absolute Gasteiger partial charge is 0.493 e. The molecule has 1 aliphatic heterocycles. The number of alkyl halides is 3. The van der Waals surface area contributed by atoms with Gasteiger partial charge in [-0.2, -0.15) is 18.2 Å². The lowest BCUT2D eigenvalue weighted by Gasteiger charge is -2.26. The molecular formula is C19H18F3N5O2. The number of fused-ring (bicyclic) bond motifs is 2. The summed E-state index contributed by atoms with van der Waals surface area (Å²) in [5, 5.41) is 6.49. The molecule has 1 N–H and O–H groups in total. The first-order valence-corrected chi connectivity index (χ1v) is 9.05. The quantitative estimate of drug-likeness (QED) is 0.725. The van der Waals surface area contributed by atoms with E-state index in [2.05, 4.69) is 20.4 Å². The number of rotatable bonds is 3. The molecule has 1 aromatic carbocycles. The molecule has 0 fully saturated rings. The Hall–Kier alpha value is -3.17. The van der Waals surface area contributed by atoms with Gasteiger partial charge in [-0.25, -0.2) is 9.50 Å². The second kappa shape index (κ2) is 7.02. The summed E-state index contributed by atoms with van der Waals surface area (Å²) in [6, 6.07) is 7.31. The summed E-state index contributed by atoms with van der Waals surface area (Å²) < 4.78 is 45.4. The topological polar surface area (TPSA) is 81.4 Å². The van der Waals surface area contributed by atoms with E-state index in [1.54, 1.807) is 13.8 Å². The lowest BCUT2D eigenvalue weighted by molar-refractivity contribution is -0.144. The molecule has 0 aliphatic carbocycles. The molecule has 0 saturated carbocycles. The maximum absolute atomic E-state index is 12.9. The molecule has 1 atom stereocenters. The predicted molar refractivity (Wildman–Crippen MR) is 96.4 cm³/mol. The summed E-state index contributed by atoms with van der Waals surface area (Å²) in [4.78, 5) is 20.2. The van der Waals surface area contributed by atoms with E-state index in [0.717, 1.165) is 15.8 Å². The first-order valence-electron chi connectivity index (χ1n) is 9.05. The van der Waals surface area contributed by atoms with Gasteiger partial charge in [-0.1, -0.05) is 18.2 Å². The van der Waals surface area contributed by atoms with Crippen molar-refractivity contribution < 1.29 is 22.7 Å². The predicted octanol–water partition coefficient (Wildman–Crippen LogP) is 2.94. The van der Waals surface area contributed by atoms with Crippen molar-refractivity contribution >= 4 is 11.7 Å². The molecular weight excluding hydrogens is 387 g/mol. The Morgan fingerprint density at radius 1 is 1.28 bits per heavy atom. The number of ether oxygens (including phenoxy) is 1. The van der Waals surface area contributed by atoms with Crippen molar-refractivity contribution in [3.8, 4) is 5.75 Å². The summed E-state index contributed by atoms with van der Waals surface area (Å²) in [6.45, 7) is 3.73. The Morgan fingerprint density at radius 3 is 2.79 bits per heavy atom. The molecule has 2 aromatic heterocycles. The number of hydrogen-bond acceptors (Lipinski definition) is 5. The number of nitrogens with one attached hydrogen (secondary N) is 1. The smallest absolute Gasteiger partial charge is 0.453 e. The van der Waals surface area contributed by atoms with Gasteiger partial charge in [0.1, 0.15) is 5.75 Å². The molecule has 152 valence electrons. The van der Waals surface area contributed by atoms with Crippen LogP contribution in [0.1, 0.15) is 40.8 Å². The van der Waals surface area contributed by atoms with Crippen LogP contribution in [0.5, 0.6) is 5.75 Å². The van der Waals surface area contributed by atoms with E-state index in [-0.39, 0.29) is 24.1 Å². The van der Waals surface area contributed by atoms with Gasteiger partial charge in [0.05, 0.1) is 19.1 Å². The van der Waals surface area contributed by atoms with Gasteiger partial charge in [0, 0.05) is 28.9 Å². The van der Waals surface area contributed by atoms with Crippen molar-refractivity contribution in [2.75, 3.05) is 6.61 Å². The first kappa shape index (κ1) is 19.2. The van der Waals surface area contributed by atoms with Crippen molar-refractivity contribution in [1.82, 2.24) is 24.9 Å². The van der Waals surface area contributed by atoms with E-state index >= 15 is 0 Å². The van der Waals surface area contributed by atoms with E-state index in [9.17, 15) is 18.0 Å². The molecule has 3 heterocycles. The van der Waals surface area contributed by atoms with Crippen molar-refractivity contribution in [1.29, 1.82) is 0 Å². The molecule has 1 unspecified atom stereocenters. The summed E-state index contributed by atoms with van der Waals surface area (Å²) in [7, 11) is 0. The van der Waals surface area contributed by atoms with Crippen molar-refractivity contribution in [2.24, 2.45) is 0 Å². The molecule has 0 bridgehead atoms. The number of aromatic nitrogens is 4. The summed E-state index contributed by atoms with van der Waals surface area (Å²) in [6.07, 6.45) is -4.06. The third-order valence-corrected chi connectivity index (χ3v) is 4.93. The number of aryl methyl sites for hydroxylation is 2. The highest BCUT2D eigenvalue weighted by molar-refractivity contribution is 5.79. The molecule has 4 rings (SSSR count). The zero-order valence-corrected chi connectivity index (χ0v) is 15.7. The number of amides is 1. The molecule has 0 radical (unpaired) electrons. The fourth-order valence-electron chi connectivity index (χ4n) is 3.48. The van der Waals surface area contributed by atoms with E-state index in [0.29, 0.717) is 30.0 Å². The van der Waals surface area contributed by atoms with Crippen LogP contribution in [0, 0.1) is 13.8 Å². The lowest BCUT2D eigenvalue weighted by Crippen LogP contribution is -2.33. The number of hydrogen-bond donors (Lipinski definition) is 1. The fraction of sp³-hybridized carbons (Fsp3) is 0.368. The standard InChI is InChI=1S/C19H18F3N5O2/c1-10-13(11(2)27-18(23-10)25-17(26-27)19(20,21)22)9-16(28)24-14-7-8-29-15-6-4-3-5-12(14)15/h3-6,14H,7-9H2,1-2H3,(H,24,28).